The second kappa shape index (κ2) is 9.49. The van der Waals surface area contributed by atoms with E-state index in [1.807, 2.05) is 24.3 Å². The summed E-state index contributed by atoms with van der Waals surface area (Å²) in [6.45, 7) is 3.86. The van der Waals surface area contributed by atoms with Crippen molar-refractivity contribution in [1.29, 1.82) is 0 Å². The Morgan fingerprint density at radius 2 is 1.56 bits per heavy atom. The number of hydrogen-bond donors (Lipinski definition) is 2. The van der Waals surface area contributed by atoms with Crippen LogP contribution in [0.2, 0.25) is 5.02 Å². The number of carbonyl (C=O) groups is 2. The first kappa shape index (κ1) is 19.3. The van der Waals surface area contributed by atoms with Crippen LogP contribution in [-0.4, -0.2) is 22.8 Å². The first-order chi connectivity index (χ1) is 12.0. The van der Waals surface area contributed by atoms with Crippen molar-refractivity contribution in [2.24, 2.45) is 0 Å². The minimum atomic E-state index is -0.344. The third-order valence-corrected chi connectivity index (χ3v) is 4.99. The van der Waals surface area contributed by atoms with Crippen LogP contribution in [0, 0.1) is 0 Å². The maximum atomic E-state index is 12.1. The Balaban J connectivity index is 1.77. The summed E-state index contributed by atoms with van der Waals surface area (Å²) in [5.41, 5.74) is 2.67. The van der Waals surface area contributed by atoms with Gasteiger partial charge in [0.05, 0.1) is 11.0 Å². The number of thioether (sulfide) groups is 1. The SMILES string of the molecule is CCc1ccc(NC(=O)CSC(C)C(=O)Nc2ccc(Cl)cc2)cc1. The van der Waals surface area contributed by atoms with Gasteiger partial charge in [-0.1, -0.05) is 30.7 Å². The summed E-state index contributed by atoms with van der Waals surface area (Å²) in [4.78, 5) is 24.2. The number of benzene rings is 2. The molecule has 0 fully saturated rings. The first-order valence-electron chi connectivity index (χ1n) is 8.04. The second-order valence-corrected chi connectivity index (χ2v) is 7.31. The summed E-state index contributed by atoms with van der Waals surface area (Å²) in [5, 5.41) is 5.91. The number of nitrogens with one attached hydrogen (secondary N) is 2. The molecule has 4 nitrogen and oxygen atoms in total. The van der Waals surface area contributed by atoms with E-state index in [1.54, 1.807) is 31.2 Å². The first-order valence-corrected chi connectivity index (χ1v) is 9.47. The van der Waals surface area contributed by atoms with Crippen LogP contribution in [0.15, 0.2) is 48.5 Å². The van der Waals surface area contributed by atoms with Crippen LogP contribution in [0.4, 0.5) is 11.4 Å². The van der Waals surface area contributed by atoms with E-state index in [2.05, 4.69) is 17.6 Å². The van der Waals surface area contributed by atoms with E-state index >= 15 is 0 Å². The van der Waals surface area contributed by atoms with Crippen molar-refractivity contribution in [3.8, 4) is 0 Å². The zero-order chi connectivity index (χ0) is 18.2. The number of amides is 2. The van der Waals surface area contributed by atoms with Gasteiger partial charge in [-0.15, -0.1) is 11.8 Å². The van der Waals surface area contributed by atoms with E-state index < -0.39 is 0 Å². The third kappa shape index (κ3) is 6.44. The Kier molecular flexibility index (Phi) is 7.34. The Morgan fingerprint density at radius 1 is 1.00 bits per heavy atom. The molecule has 0 saturated heterocycles. The van der Waals surface area contributed by atoms with E-state index in [9.17, 15) is 9.59 Å². The lowest BCUT2D eigenvalue weighted by Crippen LogP contribution is -2.25. The Hall–Kier alpha value is -1.98. The molecule has 0 heterocycles. The summed E-state index contributed by atoms with van der Waals surface area (Å²) in [5.74, 6) is -0.0575. The zero-order valence-corrected chi connectivity index (χ0v) is 15.8. The summed E-state index contributed by atoms with van der Waals surface area (Å²) < 4.78 is 0. The topological polar surface area (TPSA) is 58.2 Å². The second-order valence-electron chi connectivity index (χ2n) is 5.55. The highest BCUT2D eigenvalue weighted by atomic mass is 35.5. The number of carbonyl (C=O) groups excluding carboxylic acids is 2. The molecule has 6 heteroatoms. The standard InChI is InChI=1S/C19H21ClN2O2S/c1-3-14-4-8-16(9-5-14)21-18(23)12-25-13(2)19(24)22-17-10-6-15(20)7-11-17/h4-11,13H,3,12H2,1-2H3,(H,21,23)(H,22,24). The molecule has 0 aliphatic carbocycles. The predicted octanol–water partition coefficient (Wildman–Crippen LogP) is 4.60. The Morgan fingerprint density at radius 3 is 2.16 bits per heavy atom. The van der Waals surface area contributed by atoms with Gasteiger partial charge in [-0.2, -0.15) is 0 Å². The highest BCUT2D eigenvalue weighted by molar-refractivity contribution is 8.01. The van der Waals surface area contributed by atoms with Gasteiger partial charge in [0.1, 0.15) is 0 Å². The number of aryl methyl sites for hydroxylation is 1. The van der Waals surface area contributed by atoms with Gasteiger partial charge in [-0.05, 0) is 55.3 Å². The Labute approximate surface area is 157 Å². The van der Waals surface area contributed by atoms with Crippen molar-refractivity contribution >= 4 is 46.6 Å². The molecule has 0 saturated carbocycles. The van der Waals surface area contributed by atoms with Crippen LogP contribution in [0.5, 0.6) is 0 Å². The van der Waals surface area contributed by atoms with Gasteiger partial charge in [-0.3, -0.25) is 9.59 Å². The molecule has 2 rings (SSSR count). The summed E-state index contributed by atoms with van der Waals surface area (Å²) in [7, 11) is 0. The molecule has 2 N–H and O–H groups in total. The van der Waals surface area contributed by atoms with Crippen LogP contribution in [0.3, 0.4) is 0 Å². The van der Waals surface area contributed by atoms with Crippen molar-refractivity contribution in [2.75, 3.05) is 16.4 Å². The molecule has 1 unspecified atom stereocenters. The summed E-state index contributed by atoms with van der Waals surface area (Å²) >= 11 is 7.11. The molecule has 2 amide bonds. The average Bonchev–Trinajstić information content (AvgIpc) is 2.62. The summed E-state index contributed by atoms with van der Waals surface area (Å²) in [6.07, 6.45) is 0.963. The highest BCUT2D eigenvalue weighted by Crippen LogP contribution is 2.17. The van der Waals surface area contributed by atoms with E-state index in [0.717, 1.165) is 12.1 Å². The van der Waals surface area contributed by atoms with Crippen LogP contribution in [0.25, 0.3) is 0 Å². The van der Waals surface area contributed by atoms with Crippen LogP contribution in [-0.2, 0) is 16.0 Å². The molecule has 0 radical (unpaired) electrons. The van der Waals surface area contributed by atoms with Gasteiger partial charge in [0.25, 0.3) is 0 Å². The molecule has 2 aromatic rings. The monoisotopic (exact) mass is 376 g/mol. The van der Waals surface area contributed by atoms with Crippen molar-refractivity contribution in [2.45, 2.75) is 25.5 Å². The number of anilines is 2. The quantitative estimate of drug-likeness (QED) is 0.742. The molecule has 0 aliphatic heterocycles. The van der Waals surface area contributed by atoms with Crippen LogP contribution in [0.1, 0.15) is 19.4 Å². The molecule has 132 valence electrons. The van der Waals surface area contributed by atoms with Crippen molar-refractivity contribution in [1.82, 2.24) is 0 Å². The lowest BCUT2D eigenvalue weighted by molar-refractivity contribution is -0.115. The fourth-order valence-corrected chi connectivity index (χ4v) is 2.88. The van der Waals surface area contributed by atoms with Crippen molar-refractivity contribution < 1.29 is 9.59 Å². The largest absolute Gasteiger partial charge is 0.325 e. The molecule has 0 aromatic heterocycles. The highest BCUT2D eigenvalue weighted by Gasteiger charge is 2.15. The van der Waals surface area contributed by atoms with Crippen LogP contribution >= 0.6 is 23.4 Å². The normalized spacial score (nSPS) is 11.6. The molecule has 2 aromatic carbocycles. The number of halogens is 1. The summed E-state index contributed by atoms with van der Waals surface area (Å²) in [6, 6.07) is 14.7. The van der Waals surface area contributed by atoms with E-state index in [0.29, 0.717) is 10.7 Å². The number of rotatable bonds is 7. The van der Waals surface area contributed by atoms with E-state index in [-0.39, 0.29) is 22.8 Å². The van der Waals surface area contributed by atoms with Gasteiger partial charge in [0, 0.05) is 16.4 Å². The van der Waals surface area contributed by atoms with Gasteiger partial charge < -0.3 is 10.6 Å². The predicted molar refractivity (Wildman–Crippen MR) is 106 cm³/mol. The molecular weight excluding hydrogens is 356 g/mol. The molecule has 25 heavy (non-hydrogen) atoms. The smallest absolute Gasteiger partial charge is 0.237 e. The van der Waals surface area contributed by atoms with Gasteiger partial charge in [0.15, 0.2) is 0 Å². The minimum absolute atomic E-state index is 0.125. The maximum Gasteiger partial charge on any atom is 0.237 e. The van der Waals surface area contributed by atoms with Gasteiger partial charge >= 0.3 is 0 Å². The van der Waals surface area contributed by atoms with E-state index in [1.165, 1.54) is 17.3 Å². The average molecular weight is 377 g/mol. The maximum absolute atomic E-state index is 12.1. The van der Waals surface area contributed by atoms with Crippen molar-refractivity contribution in [3.63, 3.8) is 0 Å². The van der Waals surface area contributed by atoms with Gasteiger partial charge in [-0.25, -0.2) is 0 Å². The molecule has 0 spiro atoms. The van der Waals surface area contributed by atoms with Crippen molar-refractivity contribution in [3.05, 3.63) is 59.1 Å². The zero-order valence-electron chi connectivity index (χ0n) is 14.2. The van der Waals surface area contributed by atoms with E-state index in [4.69, 9.17) is 11.6 Å². The molecule has 1 atom stereocenters. The lowest BCUT2D eigenvalue weighted by Gasteiger charge is -2.12. The fraction of sp³-hybridized carbons (Fsp3) is 0.263. The molecule has 0 bridgehead atoms. The minimum Gasteiger partial charge on any atom is -0.325 e. The molecule has 0 aliphatic rings. The third-order valence-electron chi connectivity index (χ3n) is 3.59. The number of hydrogen-bond acceptors (Lipinski definition) is 3. The fourth-order valence-electron chi connectivity index (χ4n) is 2.07. The lowest BCUT2D eigenvalue weighted by atomic mass is 10.1. The molecular formula is C19H21ClN2O2S. The Bertz CT molecular complexity index is 717. The van der Waals surface area contributed by atoms with Crippen LogP contribution < -0.4 is 10.6 Å². The van der Waals surface area contributed by atoms with Gasteiger partial charge in [0.2, 0.25) is 11.8 Å².